The van der Waals surface area contributed by atoms with E-state index in [0.717, 1.165) is 37.9 Å². The number of aromatic nitrogens is 2. The SMILES string of the molecule is NCC(C(=O)Nc1ccc2ccccc2c1)c1ccc(B2OB(c3ccc(C(CN)C(=O)Nc4ccc5cnccc5c4)cc3)OB(c3ccc(C(CN)C(=O)Nc4ccc5cnccc5c4)cc3)O2)cc1. The maximum Gasteiger partial charge on any atom is 0.467 e. The topological polar surface area (TPSA) is 219 Å². The number of nitrogens with zero attached hydrogens (tertiary/aromatic N) is 2. The van der Waals surface area contributed by atoms with Gasteiger partial charge in [0, 0.05) is 72.3 Å². The zero-order valence-corrected chi connectivity index (χ0v) is 39.1. The van der Waals surface area contributed by atoms with Crippen LogP contribution in [0.1, 0.15) is 34.4 Å². The maximum absolute atomic E-state index is 13.6. The molecule has 0 spiro atoms. The Morgan fingerprint density at radius 3 is 1.07 bits per heavy atom. The van der Waals surface area contributed by atoms with E-state index in [4.69, 9.17) is 30.9 Å². The van der Waals surface area contributed by atoms with Crippen LogP contribution in [0.3, 0.4) is 0 Å². The molecule has 0 bridgehead atoms. The van der Waals surface area contributed by atoms with Gasteiger partial charge in [-0.25, -0.2) is 0 Å². The fraction of sp³-hybridized carbons (Fsp3) is 0.109. The lowest BCUT2D eigenvalue weighted by atomic mass is 9.61. The van der Waals surface area contributed by atoms with Gasteiger partial charge in [-0.15, -0.1) is 0 Å². The van der Waals surface area contributed by atoms with Crippen molar-refractivity contribution in [3.05, 3.63) is 205 Å². The number of rotatable bonds is 15. The quantitative estimate of drug-likeness (QED) is 0.0703. The number of nitrogens with two attached hydrogens (primary N) is 3. The molecule has 10 rings (SSSR count). The van der Waals surface area contributed by atoms with Gasteiger partial charge in [-0.2, -0.15) is 0 Å². The van der Waals surface area contributed by atoms with Crippen molar-refractivity contribution < 1.29 is 28.1 Å². The van der Waals surface area contributed by atoms with Crippen molar-refractivity contribution in [1.29, 1.82) is 0 Å². The number of hydrogen-bond acceptors (Lipinski definition) is 11. The number of fused-ring (bicyclic) bond motifs is 3. The molecule has 0 aliphatic carbocycles. The van der Waals surface area contributed by atoms with E-state index in [0.29, 0.717) is 44.6 Å². The van der Waals surface area contributed by atoms with E-state index in [1.807, 2.05) is 164 Å². The summed E-state index contributed by atoms with van der Waals surface area (Å²) < 4.78 is 19.7. The Balaban J connectivity index is 0.883. The van der Waals surface area contributed by atoms with Crippen molar-refractivity contribution in [2.45, 2.75) is 17.8 Å². The number of hydrogen-bond donors (Lipinski definition) is 6. The third-order valence-electron chi connectivity index (χ3n) is 13.1. The van der Waals surface area contributed by atoms with Gasteiger partial charge in [0.1, 0.15) is 0 Å². The van der Waals surface area contributed by atoms with Gasteiger partial charge in [0.15, 0.2) is 0 Å². The van der Waals surface area contributed by atoms with Gasteiger partial charge in [0.25, 0.3) is 0 Å². The van der Waals surface area contributed by atoms with E-state index >= 15 is 0 Å². The highest BCUT2D eigenvalue weighted by molar-refractivity contribution is 6.87. The molecular weight excluding hydrogens is 901 g/mol. The number of nitrogens with one attached hydrogen (secondary N) is 3. The molecule has 1 fully saturated rings. The first kappa shape index (κ1) is 47.7. The Morgan fingerprint density at radius 1 is 0.403 bits per heavy atom. The first-order chi connectivity index (χ1) is 35.2. The van der Waals surface area contributed by atoms with Gasteiger partial charge in [-0.3, -0.25) is 24.4 Å². The van der Waals surface area contributed by atoms with Crippen LogP contribution in [0.2, 0.25) is 0 Å². The molecule has 2 aromatic heterocycles. The van der Waals surface area contributed by atoms with Crippen molar-refractivity contribution in [2.24, 2.45) is 17.2 Å². The van der Waals surface area contributed by atoms with Gasteiger partial charge < -0.3 is 46.9 Å². The molecule has 7 aromatic carbocycles. The van der Waals surface area contributed by atoms with Crippen LogP contribution in [0.25, 0.3) is 32.3 Å². The van der Waals surface area contributed by atoms with Crippen LogP contribution in [0.5, 0.6) is 0 Å². The van der Waals surface area contributed by atoms with E-state index in [1.54, 1.807) is 24.8 Å². The lowest BCUT2D eigenvalue weighted by Crippen LogP contribution is -2.61. The largest absolute Gasteiger partial charge is 0.467 e. The van der Waals surface area contributed by atoms with Gasteiger partial charge in [-0.05, 0) is 103 Å². The summed E-state index contributed by atoms with van der Waals surface area (Å²) in [5, 5.41) is 15.0. The lowest BCUT2D eigenvalue weighted by Gasteiger charge is -2.32. The number of carbonyl (C=O) groups excluding carboxylic acids is 3. The van der Waals surface area contributed by atoms with Gasteiger partial charge in [0.05, 0.1) is 17.8 Å². The summed E-state index contributed by atoms with van der Waals surface area (Å²) in [6.45, 7) is 0.238. The summed E-state index contributed by atoms with van der Waals surface area (Å²) in [6.07, 6.45) is 6.97. The van der Waals surface area contributed by atoms with Crippen molar-refractivity contribution >= 4 is 105 Å². The van der Waals surface area contributed by atoms with Crippen molar-refractivity contribution in [2.75, 3.05) is 35.6 Å². The lowest BCUT2D eigenvalue weighted by molar-refractivity contribution is -0.118. The first-order valence-corrected chi connectivity index (χ1v) is 23.7. The van der Waals surface area contributed by atoms with Crippen molar-refractivity contribution in [3.8, 4) is 0 Å². The highest BCUT2D eigenvalue weighted by atomic mass is 16.7. The summed E-state index contributed by atoms with van der Waals surface area (Å²) in [7, 11) is -2.78. The first-order valence-electron chi connectivity index (χ1n) is 23.7. The van der Waals surface area contributed by atoms with Gasteiger partial charge >= 0.3 is 21.4 Å². The smallest absolute Gasteiger partial charge is 0.445 e. The number of pyridine rings is 2. The van der Waals surface area contributed by atoms with E-state index < -0.39 is 39.1 Å². The maximum atomic E-state index is 13.6. The molecule has 3 unspecified atom stereocenters. The molecule has 9 aromatic rings. The molecular formula is C55H49B3N8O6. The Kier molecular flexibility index (Phi) is 14.3. The van der Waals surface area contributed by atoms with Gasteiger partial charge in [0.2, 0.25) is 17.7 Å². The molecule has 354 valence electrons. The van der Waals surface area contributed by atoms with E-state index in [2.05, 4.69) is 25.9 Å². The van der Waals surface area contributed by atoms with Crippen LogP contribution in [0.4, 0.5) is 17.1 Å². The van der Waals surface area contributed by atoms with Crippen LogP contribution in [0, 0.1) is 0 Å². The number of anilines is 3. The highest BCUT2D eigenvalue weighted by Crippen LogP contribution is 2.26. The summed E-state index contributed by atoms with van der Waals surface area (Å²) in [6, 6.07) is 51.0. The molecule has 3 heterocycles. The molecule has 0 saturated carbocycles. The number of amides is 3. The number of benzene rings is 7. The predicted molar refractivity (Wildman–Crippen MR) is 287 cm³/mol. The molecule has 3 amide bonds. The summed E-state index contributed by atoms with van der Waals surface area (Å²) in [5.74, 6) is -2.63. The fourth-order valence-electron chi connectivity index (χ4n) is 9.02. The Morgan fingerprint density at radius 2 is 0.722 bits per heavy atom. The van der Waals surface area contributed by atoms with Crippen molar-refractivity contribution in [1.82, 2.24) is 9.97 Å². The second kappa shape index (κ2) is 21.5. The average molecular weight is 950 g/mol. The highest BCUT2D eigenvalue weighted by Gasteiger charge is 2.44. The van der Waals surface area contributed by atoms with Crippen LogP contribution in [-0.2, 0) is 28.1 Å². The molecule has 17 heteroatoms. The fourth-order valence-corrected chi connectivity index (χ4v) is 9.02. The van der Waals surface area contributed by atoms with Gasteiger partial charge in [-0.1, -0.05) is 115 Å². The zero-order valence-electron chi connectivity index (χ0n) is 39.1. The standard InChI is InChI=1S/C55H49B3N8O6/c59-30-50(53(67)64-47-20-11-35-3-1-2-4-39(35)27-47)36-5-14-44(15-6-36)56-70-57(45-16-7-37(8-17-45)51(31-60)54(68)65-48-21-12-42-33-62-25-23-40(42)28-48)72-58(71-56)46-18-9-38(10-19-46)52(32-61)55(69)66-49-22-13-43-34-63-26-24-41(43)29-49/h1-29,33-34,50-52H,30-32,59-61H2,(H,64,67)(H,65,68)(H,66,69). The monoisotopic (exact) mass is 950 g/mol. The Bertz CT molecular complexity index is 3040. The van der Waals surface area contributed by atoms with Crippen LogP contribution < -0.4 is 49.5 Å². The molecule has 0 radical (unpaired) electrons. The molecule has 72 heavy (non-hydrogen) atoms. The van der Waals surface area contributed by atoms with Crippen LogP contribution in [-0.4, -0.2) is 68.7 Å². The minimum atomic E-state index is -0.927. The van der Waals surface area contributed by atoms with E-state index in [-0.39, 0.29) is 37.4 Å². The minimum absolute atomic E-state index is 0.0766. The summed E-state index contributed by atoms with van der Waals surface area (Å²) in [5.41, 5.74) is 24.8. The van der Waals surface area contributed by atoms with Crippen molar-refractivity contribution in [3.63, 3.8) is 0 Å². The third-order valence-corrected chi connectivity index (χ3v) is 13.1. The third kappa shape index (κ3) is 10.5. The average Bonchev–Trinajstić information content (AvgIpc) is 3.42. The van der Waals surface area contributed by atoms with E-state index in [1.165, 1.54) is 0 Å². The van der Waals surface area contributed by atoms with Crippen LogP contribution in [0.15, 0.2) is 189 Å². The molecule has 3 atom stereocenters. The predicted octanol–water partition coefficient (Wildman–Crippen LogP) is 5.53. The number of carbonyl (C=O) groups is 3. The molecule has 1 aliphatic rings. The summed E-state index contributed by atoms with van der Waals surface area (Å²) >= 11 is 0. The Labute approximate surface area is 417 Å². The summed E-state index contributed by atoms with van der Waals surface area (Å²) in [4.78, 5) is 49.2. The molecule has 14 nitrogen and oxygen atoms in total. The molecule has 9 N–H and O–H groups in total. The Hall–Kier alpha value is -8.02. The molecule has 1 saturated heterocycles. The zero-order chi connectivity index (χ0) is 49.6. The van der Waals surface area contributed by atoms with E-state index in [9.17, 15) is 14.4 Å². The normalized spacial score (nSPS) is 14.0. The molecule has 1 aliphatic heterocycles. The van der Waals surface area contributed by atoms with Crippen LogP contribution >= 0.6 is 0 Å². The minimum Gasteiger partial charge on any atom is -0.445 e. The second-order valence-corrected chi connectivity index (χ2v) is 17.7. The second-order valence-electron chi connectivity index (χ2n) is 17.7.